The summed E-state index contributed by atoms with van der Waals surface area (Å²) in [5, 5.41) is 21.5. The van der Waals surface area contributed by atoms with E-state index in [1.54, 1.807) is 43.3 Å². The zero-order valence-electron chi connectivity index (χ0n) is 20.9. The van der Waals surface area contributed by atoms with Crippen LogP contribution in [0.5, 0.6) is 17.2 Å². The second-order valence-corrected chi connectivity index (χ2v) is 9.19. The second-order valence-electron chi connectivity index (χ2n) is 9.19. The SMILES string of the molecule is CCOc1cc(C2/C(=C(/O)c3cccc(OCC(C)C)c3)C(=O)C(=O)N2CCN(C)C)ccc1O. The van der Waals surface area contributed by atoms with E-state index in [2.05, 4.69) is 0 Å². The average Bonchev–Trinajstić information content (AvgIpc) is 3.07. The average molecular weight is 483 g/mol. The molecule has 2 aromatic rings. The van der Waals surface area contributed by atoms with E-state index in [9.17, 15) is 19.8 Å². The van der Waals surface area contributed by atoms with Crippen LogP contribution >= 0.6 is 0 Å². The summed E-state index contributed by atoms with van der Waals surface area (Å²) in [5.74, 6) is -0.639. The smallest absolute Gasteiger partial charge is 0.295 e. The molecule has 8 heteroatoms. The molecule has 1 saturated heterocycles. The topological polar surface area (TPSA) is 99.5 Å². The lowest BCUT2D eigenvalue weighted by Gasteiger charge is -2.27. The molecule has 0 aliphatic carbocycles. The van der Waals surface area contributed by atoms with Gasteiger partial charge < -0.3 is 29.5 Å². The molecule has 3 rings (SSSR count). The summed E-state index contributed by atoms with van der Waals surface area (Å²) in [6.45, 7) is 7.51. The maximum atomic E-state index is 13.2. The Morgan fingerprint density at radius 3 is 2.51 bits per heavy atom. The summed E-state index contributed by atoms with van der Waals surface area (Å²) in [7, 11) is 3.75. The lowest BCUT2D eigenvalue weighted by atomic mass is 9.95. The van der Waals surface area contributed by atoms with Crippen LogP contribution < -0.4 is 9.47 Å². The van der Waals surface area contributed by atoms with E-state index < -0.39 is 17.7 Å². The summed E-state index contributed by atoms with van der Waals surface area (Å²) in [5.41, 5.74) is 0.923. The quantitative estimate of drug-likeness (QED) is 0.302. The van der Waals surface area contributed by atoms with Gasteiger partial charge in [-0.05, 0) is 56.8 Å². The number of amides is 1. The van der Waals surface area contributed by atoms with Gasteiger partial charge in [0.25, 0.3) is 11.7 Å². The number of rotatable bonds is 10. The maximum absolute atomic E-state index is 13.2. The Morgan fingerprint density at radius 2 is 1.86 bits per heavy atom. The molecular weight excluding hydrogens is 448 g/mol. The third kappa shape index (κ3) is 5.95. The van der Waals surface area contributed by atoms with Crippen molar-refractivity contribution in [1.82, 2.24) is 9.80 Å². The van der Waals surface area contributed by atoms with Gasteiger partial charge >= 0.3 is 0 Å². The van der Waals surface area contributed by atoms with Crippen molar-refractivity contribution in [2.75, 3.05) is 40.4 Å². The van der Waals surface area contributed by atoms with Crippen LogP contribution in [0.15, 0.2) is 48.0 Å². The number of ether oxygens (including phenoxy) is 2. The summed E-state index contributed by atoms with van der Waals surface area (Å²) < 4.78 is 11.3. The second kappa shape index (κ2) is 11.3. The van der Waals surface area contributed by atoms with E-state index >= 15 is 0 Å². The molecular formula is C27H34N2O6. The van der Waals surface area contributed by atoms with Crippen molar-refractivity contribution >= 4 is 17.4 Å². The first-order valence-electron chi connectivity index (χ1n) is 11.8. The summed E-state index contributed by atoms with van der Waals surface area (Å²) in [4.78, 5) is 29.6. The number of ketones is 1. The van der Waals surface area contributed by atoms with Crippen LogP contribution in [0.4, 0.5) is 0 Å². The maximum Gasteiger partial charge on any atom is 0.295 e. The normalized spacial score (nSPS) is 17.5. The molecule has 35 heavy (non-hydrogen) atoms. The molecule has 1 amide bonds. The van der Waals surface area contributed by atoms with Gasteiger partial charge in [-0.15, -0.1) is 0 Å². The van der Waals surface area contributed by atoms with Crippen LogP contribution in [0.3, 0.4) is 0 Å². The number of aliphatic hydroxyl groups is 1. The molecule has 2 N–H and O–H groups in total. The minimum absolute atomic E-state index is 0.0112. The zero-order valence-corrected chi connectivity index (χ0v) is 20.9. The fourth-order valence-electron chi connectivity index (χ4n) is 3.89. The van der Waals surface area contributed by atoms with E-state index in [1.165, 1.54) is 11.0 Å². The zero-order chi connectivity index (χ0) is 25.7. The Hall–Kier alpha value is -3.52. The molecule has 0 saturated carbocycles. The number of aliphatic hydroxyl groups excluding tert-OH is 1. The predicted molar refractivity (Wildman–Crippen MR) is 134 cm³/mol. The first-order chi connectivity index (χ1) is 16.6. The fraction of sp³-hybridized carbons (Fsp3) is 0.407. The van der Waals surface area contributed by atoms with E-state index in [4.69, 9.17) is 9.47 Å². The highest BCUT2D eigenvalue weighted by molar-refractivity contribution is 6.46. The Kier molecular flexibility index (Phi) is 8.40. The van der Waals surface area contributed by atoms with Crippen molar-refractivity contribution in [3.8, 4) is 17.2 Å². The molecule has 1 fully saturated rings. The number of nitrogens with zero attached hydrogens (tertiary/aromatic N) is 2. The molecule has 1 atom stereocenters. The van der Waals surface area contributed by atoms with Crippen molar-refractivity contribution < 1.29 is 29.3 Å². The van der Waals surface area contributed by atoms with Crippen LogP contribution in [0.2, 0.25) is 0 Å². The van der Waals surface area contributed by atoms with Crippen LogP contribution in [0.1, 0.15) is 37.9 Å². The highest BCUT2D eigenvalue weighted by atomic mass is 16.5. The molecule has 0 spiro atoms. The number of benzene rings is 2. The van der Waals surface area contributed by atoms with Crippen LogP contribution in [-0.2, 0) is 9.59 Å². The van der Waals surface area contributed by atoms with Crippen molar-refractivity contribution in [1.29, 1.82) is 0 Å². The minimum atomic E-state index is -0.838. The number of carbonyl (C=O) groups excluding carboxylic acids is 2. The Balaban J connectivity index is 2.12. The van der Waals surface area contributed by atoms with E-state index in [0.717, 1.165) is 0 Å². The van der Waals surface area contributed by atoms with Gasteiger partial charge in [-0.2, -0.15) is 0 Å². The van der Waals surface area contributed by atoms with E-state index in [1.807, 2.05) is 32.8 Å². The summed E-state index contributed by atoms with van der Waals surface area (Å²) in [6.07, 6.45) is 0. The van der Waals surface area contributed by atoms with Gasteiger partial charge in [0.05, 0.1) is 24.8 Å². The van der Waals surface area contributed by atoms with Gasteiger partial charge in [-0.25, -0.2) is 0 Å². The largest absolute Gasteiger partial charge is 0.507 e. The molecule has 188 valence electrons. The summed E-state index contributed by atoms with van der Waals surface area (Å²) in [6, 6.07) is 10.7. The highest BCUT2D eigenvalue weighted by Gasteiger charge is 2.46. The first kappa shape index (κ1) is 26.1. The highest BCUT2D eigenvalue weighted by Crippen LogP contribution is 2.42. The number of Topliss-reactive ketones (excluding diaryl/α,β-unsaturated/α-hetero) is 1. The van der Waals surface area contributed by atoms with Gasteiger partial charge in [0.1, 0.15) is 11.5 Å². The van der Waals surface area contributed by atoms with Crippen molar-refractivity contribution in [2.24, 2.45) is 5.92 Å². The molecule has 1 aliphatic rings. The number of hydrogen-bond donors (Lipinski definition) is 2. The predicted octanol–water partition coefficient (Wildman–Crippen LogP) is 3.81. The van der Waals surface area contributed by atoms with Gasteiger partial charge in [0, 0.05) is 18.7 Å². The molecule has 8 nitrogen and oxygen atoms in total. The molecule has 0 radical (unpaired) electrons. The third-order valence-electron chi connectivity index (χ3n) is 5.62. The van der Waals surface area contributed by atoms with Crippen molar-refractivity contribution in [3.05, 3.63) is 59.2 Å². The van der Waals surface area contributed by atoms with Crippen LogP contribution in [0.25, 0.3) is 5.76 Å². The lowest BCUT2D eigenvalue weighted by molar-refractivity contribution is -0.140. The Labute approximate surface area is 206 Å². The standard InChI is InChI=1S/C27H34N2O6/c1-6-34-22-15-18(10-11-21(22)30)24-23(26(32)27(33)29(24)13-12-28(4)5)25(31)19-8-7-9-20(14-19)35-16-17(2)3/h7-11,14-15,17,24,30-31H,6,12-13,16H2,1-5H3/b25-23-. The van der Waals surface area contributed by atoms with Crippen LogP contribution in [0, 0.1) is 5.92 Å². The molecule has 1 unspecified atom stereocenters. The van der Waals surface area contributed by atoms with Crippen molar-refractivity contribution in [2.45, 2.75) is 26.8 Å². The number of hydrogen-bond acceptors (Lipinski definition) is 7. The Morgan fingerprint density at radius 1 is 1.11 bits per heavy atom. The van der Waals surface area contributed by atoms with E-state index in [0.29, 0.717) is 42.6 Å². The molecule has 2 aromatic carbocycles. The van der Waals surface area contributed by atoms with Gasteiger partial charge in [-0.3, -0.25) is 9.59 Å². The molecule has 0 bridgehead atoms. The number of aromatic hydroxyl groups is 1. The van der Waals surface area contributed by atoms with Crippen molar-refractivity contribution in [3.63, 3.8) is 0 Å². The first-order valence-corrected chi connectivity index (χ1v) is 11.8. The van der Waals surface area contributed by atoms with Gasteiger partial charge in [0.15, 0.2) is 11.5 Å². The minimum Gasteiger partial charge on any atom is -0.507 e. The van der Waals surface area contributed by atoms with Crippen LogP contribution in [-0.4, -0.2) is 72.1 Å². The number of phenolic OH excluding ortho intramolecular Hbond substituents is 1. The monoisotopic (exact) mass is 482 g/mol. The summed E-state index contributed by atoms with van der Waals surface area (Å²) >= 11 is 0. The number of phenols is 1. The number of carbonyl (C=O) groups is 2. The number of likely N-dealkylation sites (N-methyl/N-ethyl adjacent to an activating group) is 1. The number of likely N-dealkylation sites (tertiary alicyclic amines) is 1. The molecule has 0 aromatic heterocycles. The van der Waals surface area contributed by atoms with Gasteiger partial charge in [0.2, 0.25) is 0 Å². The Bertz CT molecular complexity index is 1110. The third-order valence-corrected chi connectivity index (χ3v) is 5.62. The molecule has 1 aliphatic heterocycles. The van der Waals surface area contributed by atoms with E-state index in [-0.39, 0.29) is 29.4 Å². The molecule has 1 heterocycles. The van der Waals surface area contributed by atoms with Gasteiger partial charge in [-0.1, -0.05) is 32.0 Å². The lowest BCUT2D eigenvalue weighted by Crippen LogP contribution is -2.35. The fourth-order valence-corrected chi connectivity index (χ4v) is 3.89.